The molecule has 0 aliphatic heterocycles. The number of hydrogen-bond donors (Lipinski definition) is 1. The first-order valence-electron chi connectivity index (χ1n) is 5.95. The van der Waals surface area contributed by atoms with Gasteiger partial charge in [0.1, 0.15) is 5.76 Å². The van der Waals surface area contributed by atoms with Gasteiger partial charge in [0, 0.05) is 24.8 Å². The van der Waals surface area contributed by atoms with E-state index in [2.05, 4.69) is 20.6 Å². The number of aromatic nitrogens is 3. The van der Waals surface area contributed by atoms with Crippen LogP contribution in [0.5, 0.6) is 0 Å². The number of rotatable bonds is 5. The van der Waals surface area contributed by atoms with E-state index >= 15 is 0 Å². The number of halogens is 1. The molecule has 19 heavy (non-hydrogen) atoms. The molecule has 3 rings (SSSR count). The zero-order valence-electron chi connectivity index (χ0n) is 9.93. The summed E-state index contributed by atoms with van der Waals surface area (Å²) in [5, 5.41) is 10.1. The maximum atomic E-state index is 11.7. The lowest BCUT2D eigenvalue weighted by molar-refractivity contribution is -0.116. The highest BCUT2D eigenvalue weighted by Gasteiger charge is 2.29. The molecule has 0 bridgehead atoms. The smallest absolute Gasteiger partial charge is 0.270 e. The van der Waals surface area contributed by atoms with Gasteiger partial charge in [-0.1, -0.05) is 16.8 Å². The molecule has 1 aliphatic carbocycles. The first-order chi connectivity index (χ1) is 9.20. The van der Waals surface area contributed by atoms with Gasteiger partial charge in [-0.2, -0.15) is 4.98 Å². The Morgan fingerprint density at radius 2 is 2.26 bits per heavy atom. The van der Waals surface area contributed by atoms with Crippen LogP contribution in [0.3, 0.4) is 0 Å². The predicted molar refractivity (Wildman–Crippen MR) is 64.7 cm³/mol. The minimum Gasteiger partial charge on any atom is -0.360 e. The molecule has 2 heterocycles. The molecular formula is C11H11ClN4O3. The van der Waals surface area contributed by atoms with Crippen LogP contribution in [0.1, 0.15) is 36.8 Å². The third-order valence-corrected chi connectivity index (χ3v) is 2.93. The Balaban J connectivity index is 1.49. The highest BCUT2D eigenvalue weighted by atomic mass is 35.5. The van der Waals surface area contributed by atoms with Crippen LogP contribution in [0.25, 0.3) is 0 Å². The zero-order valence-corrected chi connectivity index (χ0v) is 10.7. The van der Waals surface area contributed by atoms with Crippen LogP contribution in [-0.4, -0.2) is 21.2 Å². The van der Waals surface area contributed by atoms with E-state index in [0.29, 0.717) is 24.0 Å². The third kappa shape index (κ3) is 3.11. The lowest BCUT2D eigenvalue weighted by Gasteiger charge is -1.97. The molecule has 1 N–H and O–H groups in total. The molecule has 0 saturated heterocycles. The standard InChI is InChI=1S/C11H11ClN4O3/c12-8-5-7(18-15-8)3-4-9(17)13-11-14-10(19-16-11)6-1-2-6/h5-6H,1-4H2,(H,13,16,17). The lowest BCUT2D eigenvalue weighted by Crippen LogP contribution is -2.13. The fourth-order valence-corrected chi connectivity index (χ4v) is 1.77. The first-order valence-corrected chi connectivity index (χ1v) is 6.33. The predicted octanol–water partition coefficient (Wildman–Crippen LogP) is 2.16. The zero-order chi connectivity index (χ0) is 13.2. The summed E-state index contributed by atoms with van der Waals surface area (Å²) in [4.78, 5) is 15.8. The van der Waals surface area contributed by atoms with Gasteiger partial charge in [-0.3, -0.25) is 10.1 Å². The molecule has 0 atom stereocenters. The molecule has 0 radical (unpaired) electrons. The Labute approximate surface area is 113 Å². The maximum Gasteiger partial charge on any atom is 0.270 e. The number of nitrogens with one attached hydrogen (secondary N) is 1. The summed E-state index contributed by atoms with van der Waals surface area (Å²) in [7, 11) is 0. The number of amides is 1. The molecule has 1 saturated carbocycles. The number of aryl methyl sites for hydroxylation is 1. The van der Waals surface area contributed by atoms with Crippen LogP contribution in [0, 0.1) is 0 Å². The summed E-state index contributed by atoms with van der Waals surface area (Å²) >= 11 is 5.61. The Bertz CT molecular complexity index is 590. The number of nitrogens with zero attached hydrogens (tertiary/aromatic N) is 3. The van der Waals surface area contributed by atoms with E-state index in [0.717, 1.165) is 12.8 Å². The largest absolute Gasteiger partial charge is 0.360 e. The molecule has 8 heteroatoms. The summed E-state index contributed by atoms with van der Waals surface area (Å²) in [6.07, 6.45) is 2.79. The van der Waals surface area contributed by atoms with Crippen molar-refractivity contribution in [2.45, 2.75) is 31.6 Å². The number of carbonyl (C=O) groups excluding carboxylic acids is 1. The van der Waals surface area contributed by atoms with Crippen molar-refractivity contribution in [3.05, 3.63) is 22.9 Å². The Hall–Kier alpha value is -1.89. The second-order valence-corrected chi connectivity index (χ2v) is 4.78. The van der Waals surface area contributed by atoms with Gasteiger partial charge in [0.25, 0.3) is 5.95 Å². The van der Waals surface area contributed by atoms with Crippen molar-refractivity contribution in [3.8, 4) is 0 Å². The molecule has 0 unspecified atom stereocenters. The second-order valence-electron chi connectivity index (χ2n) is 4.39. The van der Waals surface area contributed by atoms with Gasteiger partial charge < -0.3 is 9.05 Å². The van der Waals surface area contributed by atoms with Crippen molar-refractivity contribution >= 4 is 23.5 Å². The van der Waals surface area contributed by atoms with Gasteiger partial charge in [0.05, 0.1) is 0 Å². The van der Waals surface area contributed by atoms with Crippen molar-refractivity contribution < 1.29 is 13.8 Å². The quantitative estimate of drug-likeness (QED) is 0.903. The number of carbonyl (C=O) groups is 1. The van der Waals surface area contributed by atoms with Gasteiger partial charge in [0.15, 0.2) is 5.15 Å². The number of anilines is 1. The fourth-order valence-electron chi connectivity index (χ4n) is 1.61. The first kappa shape index (κ1) is 12.2. The Morgan fingerprint density at radius 3 is 2.95 bits per heavy atom. The van der Waals surface area contributed by atoms with E-state index in [9.17, 15) is 4.79 Å². The minimum atomic E-state index is -0.212. The van der Waals surface area contributed by atoms with Crippen molar-refractivity contribution in [1.82, 2.24) is 15.3 Å². The Morgan fingerprint density at radius 1 is 1.42 bits per heavy atom. The average molecular weight is 283 g/mol. The molecule has 0 aromatic carbocycles. The van der Waals surface area contributed by atoms with Crippen LogP contribution < -0.4 is 5.32 Å². The van der Waals surface area contributed by atoms with Crippen molar-refractivity contribution in [2.75, 3.05) is 5.32 Å². The van der Waals surface area contributed by atoms with Crippen LogP contribution in [0.4, 0.5) is 5.95 Å². The van der Waals surface area contributed by atoms with Gasteiger partial charge in [0.2, 0.25) is 11.8 Å². The van der Waals surface area contributed by atoms with E-state index in [4.69, 9.17) is 20.6 Å². The molecular weight excluding hydrogens is 272 g/mol. The normalized spacial score (nSPS) is 14.6. The highest BCUT2D eigenvalue weighted by molar-refractivity contribution is 6.29. The van der Waals surface area contributed by atoms with Gasteiger partial charge in [-0.15, -0.1) is 0 Å². The summed E-state index contributed by atoms with van der Waals surface area (Å²) in [6, 6.07) is 1.58. The molecule has 7 nitrogen and oxygen atoms in total. The monoisotopic (exact) mass is 282 g/mol. The Kier molecular flexibility index (Phi) is 3.20. The van der Waals surface area contributed by atoms with E-state index in [-0.39, 0.29) is 23.4 Å². The molecule has 1 fully saturated rings. The second kappa shape index (κ2) is 5.00. The van der Waals surface area contributed by atoms with Crippen molar-refractivity contribution in [3.63, 3.8) is 0 Å². The maximum absolute atomic E-state index is 11.7. The van der Waals surface area contributed by atoms with E-state index in [1.165, 1.54) is 0 Å². The molecule has 100 valence electrons. The molecule has 2 aromatic heterocycles. The summed E-state index contributed by atoms with van der Waals surface area (Å²) in [5.41, 5.74) is 0. The van der Waals surface area contributed by atoms with Crippen LogP contribution in [-0.2, 0) is 11.2 Å². The third-order valence-electron chi connectivity index (χ3n) is 2.75. The summed E-state index contributed by atoms with van der Waals surface area (Å²) in [6.45, 7) is 0. The van der Waals surface area contributed by atoms with Crippen molar-refractivity contribution in [2.24, 2.45) is 0 Å². The van der Waals surface area contributed by atoms with Crippen LogP contribution >= 0.6 is 11.6 Å². The topological polar surface area (TPSA) is 94.1 Å². The number of hydrogen-bond acceptors (Lipinski definition) is 6. The highest BCUT2D eigenvalue weighted by Crippen LogP contribution is 2.39. The van der Waals surface area contributed by atoms with Crippen LogP contribution in [0.15, 0.2) is 15.1 Å². The van der Waals surface area contributed by atoms with E-state index in [1.54, 1.807) is 6.07 Å². The molecule has 1 amide bonds. The SMILES string of the molecule is O=C(CCc1cc(Cl)no1)Nc1noc(C2CC2)n1. The van der Waals surface area contributed by atoms with E-state index < -0.39 is 0 Å². The lowest BCUT2D eigenvalue weighted by atomic mass is 10.2. The van der Waals surface area contributed by atoms with Gasteiger partial charge in [-0.05, 0) is 18.0 Å². The van der Waals surface area contributed by atoms with Gasteiger partial charge in [-0.25, -0.2) is 0 Å². The minimum absolute atomic E-state index is 0.211. The molecule has 2 aromatic rings. The van der Waals surface area contributed by atoms with E-state index in [1.807, 2.05) is 0 Å². The molecule has 0 spiro atoms. The molecule has 1 aliphatic rings. The van der Waals surface area contributed by atoms with Crippen molar-refractivity contribution in [1.29, 1.82) is 0 Å². The summed E-state index contributed by atoms with van der Waals surface area (Å²) in [5.74, 6) is 1.52. The van der Waals surface area contributed by atoms with Crippen LogP contribution in [0.2, 0.25) is 5.15 Å². The summed E-state index contributed by atoms with van der Waals surface area (Å²) < 4.78 is 9.93. The average Bonchev–Trinajstić information content (AvgIpc) is 3.00. The van der Waals surface area contributed by atoms with Gasteiger partial charge >= 0.3 is 0 Å². The fraction of sp³-hybridized carbons (Fsp3) is 0.455.